The zero-order valence-electron chi connectivity index (χ0n) is 8.67. The Morgan fingerprint density at radius 3 is 2.80 bits per heavy atom. The van der Waals surface area contributed by atoms with Crippen LogP contribution in [0.5, 0.6) is 0 Å². The second kappa shape index (κ2) is 4.13. The van der Waals surface area contributed by atoms with E-state index in [-0.39, 0.29) is 0 Å². The van der Waals surface area contributed by atoms with Crippen LogP contribution in [0.3, 0.4) is 0 Å². The highest BCUT2D eigenvalue weighted by Gasteiger charge is 2.08. The number of hydrogen-bond acceptors (Lipinski definition) is 3. The Bertz CT molecular complexity index is 421. The van der Waals surface area contributed by atoms with Crippen LogP contribution in [0.2, 0.25) is 0 Å². The molecule has 2 aromatic rings. The van der Waals surface area contributed by atoms with Crippen molar-refractivity contribution in [2.24, 2.45) is 0 Å². The maximum Gasteiger partial charge on any atom is 0.200 e. The van der Waals surface area contributed by atoms with E-state index < -0.39 is 0 Å². The van der Waals surface area contributed by atoms with Crippen molar-refractivity contribution >= 4 is 5.95 Å². The predicted molar refractivity (Wildman–Crippen MR) is 59.3 cm³/mol. The van der Waals surface area contributed by atoms with Crippen molar-refractivity contribution in [2.75, 3.05) is 5.73 Å². The zero-order chi connectivity index (χ0) is 10.7. The highest BCUT2D eigenvalue weighted by Crippen LogP contribution is 2.15. The minimum Gasteiger partial charge on any atom is -0.369 e. The largest absolute Gasteiger partial charge is 0.369 e. The van der Waals surface area contributed by atoms with Gasteiger partial charge in [-0.25, -0.2) is 4.98 Å². The van der Waals surface area contributed by atoms with E-state index in [1.807, 2.05) is 35.2 Å². The Morgan fingerprint density at radius 2 is 2.20 bits per heavy atom. The average molecular weight is 202 g/mol. The molecule has 0 aliphatic rings. The topological polar surface area (TPSA) is 56.7 Å². The number of pyridine rings is 1. The van der Waals surface area contributed by atoms with Crippen molar-refractivity contribution in [3.63, 3.8) is 0 Å². The molecule has 4 nitrogen and oxygen atoms in total. The molecule has 0 radical (unpaired) electrons. The van der Waals surface area contributed by atoms with Crippen molar-refractivity contribution < 1.29 is 0 Å². The van der Waals surface area contributed by atoms with Crippen LogP contribution in [0.15, 0.2) is 36.8 Å². The first-order chi connectivity index (χ1) is 7.27. The summed E-state index contributed by atoms with van der Waals surface area (Å²) in [5, 5.41) is 0. The number of anilines is 1. The maximum atomic E-state index is 5.70. The zero-order valence-corrected chi connectivity index (χ0v) is 8.67. The average Bonchev–Trinajstić information content (AvgIpc) is 2.66. The Kier molecular flexibility index (Phi) is 2.67. The van der Waals surface area contributed by atoms with E-state index in [0.717, 1.165) is 12.2 Å². The van der Waals surface area contributed by atoms with Crippen LogP contribution in [-0.4, -0.2) is 14.5 Å². The third-order valence-corrected chi connectivity index (χ3v) is 2.41. The van der Waals surface area contributed by atoms with Gasteiger partial charge in [-0.1, -0.05) is 13.0 Å². The molecule has 1 unspecified atom stereocenters. The first-order valence-electron chi connectivity index (χ1n) is 4.95. The molecule has 2 N–H and O–H groups in total. The Hall–Kier alpha value is -1.84. The molecule has 0 amide bonds. The van der Waals surface area contributed by atoms with E-state index in [4.69, 9.17) is 5.73 Å². The van der Waals surface area contributed by atoms with Gasteiger partial charge in [-0.3, -0.25) is 4.98 Å². The Labute approximate surface area is 88.8 Å². The lowest BCUT2D eigenvalue weighted by molar-refractivity contribution is 0.591. The van der Waals surface area contributed by atoms with Gasteiger partial charge in [0.15, 0.2) is 5.95 Å². The van der Waals surface area contributed by atoms with E-state index in [1.54, 1.807) is 6.20 Å². The van der Waals surface area contributed by atoms with Crippen LogP contribution in [0.25, 0.3) is 0 Å². The molecule has 2 aromatic heterocycles. The molecule has 0 aliphatic carbocycles. The Balaban J connectivity index is 2.11. The van der Waals surface area contributed by atoms with E-state index in [9.17, 15) is 0 Å². The van der Waals surface area contributed by atoms with Gasteiger partial charge in [0.1, 0.15) is 0 Å². The van der Waals surface area contributed by atoms with Crippen molar-refractivity contribution in [3.8, 4) is 0 Å². The number of nitrogens with two attached hydrogens (primary N) is 1. The molecule has 15 heavy (non-hydrogen) atoms. The molecule has 2 heterocycles. The molecule has 2 rings (SSSR count). The van der Waals surface area contributed by atoms with Gasteiger partial charge in [-0.15, -0.1) is 0 Å². The van der Waals surface area contributed by atoms with E-state index in [1.165, 1.54) is 0 Å². The molecule has 1 atom stereocenters. The molecule has 0 spiro atoms. The maximum absolute atomic E-state index is 5.70. The SMILES string of the molecule is CC(Cn1ccnc1N)c1ccccn1. The van der Waals surface area contributed by atoms with Crippen molar-refractivity contribution in [1.82, 2.24) is 14.5 Å². The summed E-state index contributed by atoms with van der Waals surface area (Å²) in [5.41, 5.74) is 6.77. The summed E-state index contributed by atoms with van der Waals surface area (Å²) in [6.07, 6.45) is 5.40. The summed E-state index contributed by atoms with van der Waals surface area (Å²) in [6, 6.07) is 5.94. The monoisotopic (exact) mass is 202 g/mol. The normalized spacial score (nSPS) is 12.6. The van der Waals surface area contributed by atoms with E-state index in [2.05, 4.69) is 16.9 Å². The lowest BCUT2D eigenvalue weighted by Gasteiger charge is -2.12. The fourth-order valence-corrected chi connectivity index (χ4v) is 1.55. The molecule has 78 valence electrons. The molecule has 0 saturated heterocycles. The van der Waals surface area contributed by atoms with E-state index >= 15 is 0 Å². The van der Waals surface area contributed by atoms with Gasteiger partial charge in [-0.05, 0) is 12.1 Å². The van der Waals surface area contributed by atoms with Gasteiger partial charge in [0.05, 0.1) is 0 Å². The minimum absolute atomic E-state index is 0.336. The number of hydrogen-bond donors (Lipinski definition) is 1. The fourth-order valence-electron chi connectivity index (χ4n) is 1.55. The summed E-state index contributed by atoms with van der Waals surface area (Å²) in [6.45, 7) is 2.94. The first kappa shape index (κ1) is 9.71. The van der Waals surface area contributed by atoms with Crippen LogP contribution >= 0.6 is 0 Å². The van der Waals surface area contributed by atoms with Crippen molar-refractivity contribution in [3.05, 3.63) is 42.5 Å². The van der Waals surface area contributed by atoms with Crippen molar-refractivity contribution in [2.45, 2.75) is 19.4 Å². The van der Waals surface area contributed by atoms with Gasteiger partial charge in [-0.2, -0.15) is 0 Å². The molecular weight excluding hydrogens is 188 g/mol. The van der Waals surface area contributed by atoms with Gasteiger partial charge in [0.2, 0.25) is 0 Å². The lowest BCUT2D eigenvalue weighted by atomic mass is 10.1. The fraction of sp³-hybridized carbons (Fsp3) is 0.273. The summed E-state index contributed by atoms with van der Waals surface area (Å²) in [4.78, 5) is 8.30. The molecule has 0 bridgehead atoms. The predicted octanol–water partition coefficient (Wildman–Crippen LogP) is 1.66. The van der Waals surface area contributed by atoms with E-state index in [0.29, 0.717) is 11.9 Å². The van der Waals surface area contributed by atoms with Crippen LogP contribution in [0, 0.1) is 0 Å². The number of rotatable bonds is 3. The first-order valence-corrected chi connectivity index (χ1v) is 4.95. The van der Waals surface area contributed by atoms with Gasteiger partial charge in [0.25, 0.3) is 0 Å². The second-order valence-electron chi connectivity index (χ2n) is 3.59. The standard InChI is InChI=1S/C11H14N4/c1-9(10-4-2-3-5-13-10)8-15-7-6-14-11(15)12/h2-7,9H,8H2,1H3,(H2,12,14). The molecule has 0 saturated carbocycles. The third-order valence-electron chi connectivity index (χ3n) is 2.41. The van der Waals surface area contributed by atoms with Crippen LogP contribution in [0.4, 0.5) is 5.95 Å². The second-order valence-corrected chi connectivity index (χ2v) is 3.59. The summed E-state index contributed by atoms with van der Waals surface area (Å²) in [7, 11) is 0. The molecule has 4 heteroatoms. The van der Waals surface area contributed by atoms with Crippen molar-refractivity contribution in [1.29, 1.82) is 0 Å². The quantitative estimate of drug-likeness (QED) is 0.823. The smallest absolute Gasteiger partial charge is 0.200 e. The number of nitrogen functional groups attached to an aromatic ring is 1. The minimum atomic E-state index is 0.336. The van der Waals surface area contributed by atoms with Crippen LogP contribution < -0.4 is 5.73 Å². The number of nitrogens with zero attached hydrogens (tertiary/aromatic N) is 3. The Morgan fingerprint density at radius 1 is 1.33 bits per heavy atom. The van der Waals surface area contributed by atoms with Gasteiger partial charge in [0, 0.05) is 36.7 Å². The number of aromatic nitrogens is 3. The molecule has 0 fully saturated rings. The van der Waals surface area contributed by atoms with Crippen LogP contribution in [-0.2, 0) is 6.54 Å². The summed E-state index contributed by atoms with van der Waals surface area (Å²) >= 11 is 0. The molecule has 0 aromatic carbocycles. The number of imidazole rings is 1. The highest BCUT2D eigenvalue weighted by atomic mass is 15.1. The third kappa shape index (κ3) is 2.15. The molecule has 0 aliphatic heterocycles. The van der Waals surface area contributed by atoms with Gasteiger partial charge < -0.3 is 10.3 Å². The summed E-state index contributed by atoms with van der Waals surface area (Å²) in [5.74, 6) is 0.889. The highest BCUT2D eigenvalue weighted by molar-refractivity contribution is 5.18. The molecular formula is C11H14N4. The van der Waals surface area contributed by atoms with Gasteiger partial charge >= 0.3 is 0 Å². The lowest BCUT2D eigenvalue weighted by Crippen LogP contribution is -2.09. The van der Waals surface area contributed by atoms with Crippen LogP contribution in [0.1, 0.15) is 18.5 Å². The summed E-state index contributed by atoms with van der Waals surface area (Å²) < 4.78 is 1.93.